The summed E-state index contributed by atoms with van der Waals surface area (Å²) in [6, 6.07) is 5.45. The number of esters is 1. The number of amides is 1. The first-order valence-electron chi connectivity index (χ1n) is 9.11. The zero-order chi connectivity index (χ0) is 20.3. The van der Waals surface area contributed by atoms with Crippen LogP contribution < -0.4 is 14.8 Å². The predicted molar refractivity (Wildman–Crippen MR) is 109 cm³/mol. The van der Waals surface area contributed by atoms with E-state index in [-0.39, 0.29) is 18.8 Å². The molecule has 0 saturated carbocycles. The molecule has 3 rings (SSSR count). The molecular weight excluding hydrogens is 378 g/mol. The van der Waals surface area contributed by atoms with E-state index in [2.05, 4.69) is 5.32 Å². The largest absolute Gasteiger partial charge is 0.459 e. The van der Waals surface area contributed by atoms with E-state index in [4.69, 9.17) is 14.2 Å². The van der Waals surface area contributed by atoms with Crippen LogP contribution >= 0.6 is 11.3 Å². The lowest BCUT2D eigenvalue weighted by Crippen LogP contribution is -2.16. The van der Waals surface area contributed by atoms with Crippen LogP contribution in [0.25, 0.3) is 6.08 Å². The monoisotopic (exact) mass is 401 g/mol. The molecule has 1 aliphatic heterocycles. The molecule has 0 fully saturated rings. The van der Waals surface area contributed by atoms with Crippen molar-refractivity contribution in [1.29, 1.82) is 0 Å². The maximum absolute atomic E-state index is 12.5. The molecule has 1 aromatic carbocycles. The van der Waals surface area contributed by atoms with Crippen LogP contribution in [0.1, 0.15) is 47.1 Å². The van der Waals surface area contributed by atoms with Crippen LogP contribution in [-0.2, 0) is 16.0 Å². The maximum Gasteiger partial charge on any atom is 0.341 e. The molecule has 6 nitrogen and oxygen atoms in total. The Hall–Kier alpha value is -2.80. The number of carbonyl (C=O) groups is 2. The molecule has 0 atom stereocenters. The number of anilines is 1. The van der Waals surface area contributed by atoms with Crippen molar-refractivity contribution in [3.05, 3.63) is 45.8 Å². The van der Waals surface area contributed by atoms with Crippen molar-refractivity contribution in [2.75, 3.05) is 12.1 Å². The van der Waals surface area contributed by atoms with Crippen molar-refractivity contribution in [1.82, 2.24) is 0 Å². The van der Waals surface area contributed by atoms with Crippen LogP contribution in [0.4, 0.5) is 5.00 Å². The van der Waals surface area contributed by atoms with Gasteiger partial charge in [-0.3, -0.25) is 4.79 Å². The molecule has 28 heavy (non-hydrogen) atoms. The van der Waals surface area contributed by atoms with Gasteiger partial charge < -0.3 is 19.5 Å². The Morgan fingerprint density at radius 1 is 1.29 bits per heavy atom. The standard InChI is InChI=1S/C21H23NO5S/c1-5-15-13(4)28-20(19(15)21(24)27-12(2)3)22-18(23)9-7-14-6-8-16-17(10-14)26-11-25-16/h6-10,12H,5,11H2,1-4H3,(H,22,23)/b9-7-. The van der Waals surface area contributed by atoms with Gasteiger partial charge in [-0.2, -0.15) is 0 Å². The third kappa shape index (κ3) is 4.36. The number of carbonyl (C=O) groups excluding carboxylic acids is 2. The molecule has 148 valence electrons. The van der Waals surface area contributed by atoms with Crippen LogP contribution in [0.3, 0.4) is 0 Å². The van der Waals surface area contributed by atoms with Crippen molar-refractivity contribution in [2.45, 2.75) is 40.2 Å². The summed E-state index contributed by atoms with van der Waals surface area (Å²) in [5, 5.41) is 3.33. The highest BCUT2D eigenvalue weighted by Crippen LogP contribution is 2.35. The smallest absolute Gasteiger partial charge is 0.341 e. The number of hydrogen-bond acceptors (Lipinski definition) is 6. The van der Waals surface area contributed by atoms with E-state index in [1.807, 2.05) is 26.0 Å². The van der Waals surface area contributed by atoms with Gasteiger partial charge in [0.15, 0.2) is 11.5 Å². The van der Waals surface area contributed by atoms with Gasteiger partial charge in [0.1, 0.15) is 5.00 Å². The lowest BCUT2D eigenvalue weighted by molar-refractivity contribution is -0.111. The summed E-state index contributed by atoms with van der Waals surface area (Å²) in [4.78, 5) is 25.9. The average molecular weight is 401 g/mol. The predicted octanol–water partition coefficient (Wildman–Crippen LogP) is 4.56. The fourth-order valence-corrected chi connectivity index (χ4v) is 4.06. The molecule has 0 bridgehead atoms. The molecule has 1 N–H and O–H groups in total. The first-order chi connectivity index (χ1) is 13.4. The molecule has 1 amide bonds. The SMILES string of the molecule is CCc1c(C)sc(NC(=O)/C=C\c2ccc3c(c2)OCO3)c1C(=O)OC(C)C. The van der Waals surface area contributed by atoms with E-state index in [9.17, 15) is 9.59 Å². The summed E-state index contributed by atoms with van der Waals surface area (Å²) >= 11 is 1.38. The molecule has 0 saturated heterocycles. The molecule has 2 aromatic rings. The third-order valence-electron chi connectivity index (χ3n) is 4.17. The Labute approximate surface area is 168 Å². The number of thiophene rings is 1. The number of ether oxygens (including phenoxy) is 3. The van der Waals surface area contributed by atoms with Gasteiger partial charge in [0.05, 0.1) is 11.7 Å². The summed E-state index contributed by atoms with van der Waals surface area (Å²) in [5.41, 5.74) is 2.17. The summed E-state index contributed by atoms with van der Waals surface area (Å²) in [5.74, 6) is 0.616. The summed E-state index contributed by atoms with van der Waals surface area (Å²) in [6.45, 7) is 7.72. The Balaban J connectivity index is 1.77. The van der Waals surface area contributed by atoms with Crippen LogP contribution in [0.5, 0.6) is 11.5 Å². The lowest BCUT2D eigenvalue weighted by atomic mass is 10.1. The second-order valence-electron chi connectivity index (χ2n) is 6.58. The Morgan fingerprint density at radius 2 is 2.04 bits per heavy atom. The summed E-state index contributed by atoms with van der Waals surface area (Å²) < 4.78 is 16.0. The fourth-order valence-electron chi connectivity index (χ4n) is 2.92. The van der Waals surface area contributed by atoms with Crippen molar-refractivity contribution >= 4 is 34.3 Å². The van der Waals surface area contributed by atoms with Crippen LogP contribution in [0.15, 0.2) is 24.3 Å². The van der Waals surface area contributed by atoms with E-state index in [0.29, 0.717) is 28.5 Å². The quantitative estimate of drug-likeness (QED) is 0.567. The van der Waals surface area contributed by atoms with Gasteiger partial charge in [0.25, 0.3) is 0 Å². The number of rotatable bonds is 6. The van der Waals surface area contributed by atoms with Gasteiger partial charge in [-0.05, 0) is 56.5 Å². The van der Waals surface area contributed by atoms with Gasteiger partial charge in [-0.1, -0.05) is 13.0 Å². The van der Waals surface area contributed by atoms with Gasteiger partial charge in [-0.15, -0.1) is 11.3 Å². The lowest BCUT2D eigenvalue weighted by Gasteiger charge is -2.10. The minimum atomic E-state index is -0.411. The highest BCUT2D eigenvalue weighted by atomic mass is 32.1. The van der Waals surface area contributed by atoms with Crippen molar-refractivity contribution in [3.63, 3.8) is 0 Å². The Morgan fingerprint density at radius 3 is 2.75 bits per heavy atom. The van der Waals surface area contributed by atoms with E-state index < -0.39 is 5.97 Å². The zero-order valence-electron chi connectivity index (χ0n) is 16.3. The number of benzene rings is 1. The van der Waals surface area contributed by atoms with E-state index in [1.54, 1.807) is 26.0 Å². The van der Waals surface area contributed by atoms with E-state index in [0.717, 1.165) is 16.0 Å². The molecule has 2 heterocycles. The van der Waals surface area contributed by atoms with Crippen molar-refractivity contribution in [3.8, 4) is 11.5 Å². The van der Waals surface area contributed by atoms with Gasteiger partial charge in [0, 0.05) is 11.0 Å². The second-order valence-corrected chi connectivity index (χ2v) is 7.81. The van der Waals surface area contributed by atoms with E-state index >= 15 is 0 Å². The Kier molecular flexibility index (Phi) is 6.04. The normalized spacial score (nSPS) is 12.6. The molecular formula is C21H23NO5S. The van der Waals surface area contributed by atoms with Gasteiger partial charge in [-0.25, -0.2) is 4.79 Å². The van der Waals surface area contributed by atoms with Gasteiger partial charge in [0.2, 0.25) is 12.7 Å². The van der Waals surface area contributed by atoms with Crippen molar-refractivity contribution in [2.24, 2.45) is 0 Å². The minimum absolute atomic E-state index is 0.204. The highest BCUT2D eigenvalue weighted by molar-refractivity contribution is 7.16. The molecule has 1 aliphatic rings. The molecule has 0 aliphatic carbocycles. The molecule has 0 radical (unpaired) electrons. The van der Waals surface area contributed by atoms with Crippen LogP contribution in [0.2, 0.25) is 0 Å². The highest BCUT2D eigenvalue weighted by Gasteiger charge is 2.24. The van der Waals surface area contributed by atoms with Gasteiger partial charge >= 0.3 is 5.97 Å². The Bertz CT molecular complexity index is 929. The van der Waals surface area contributed by atoms with E-state index in [1.165, 1.54) is 17.4 Å². The number of fused-ring (bicyclic) bond motifs is 1. The summed E-state index contributed by atoms with van der Waals surface area (Å²) in [6.07, 6.45) is 3.57. The van der Waals surface area contributed by atoms with Crippen LogP contribution in [0, 0.1) is 6.92 Å². The molecule has 0 unspecified atom stereocenters. The minimum Gasteiger partial charge on any atom is -0.459 e. The number of hydrogen-bond donors (Lipinski definition) is 1. The summed E-state index contributed by atoms with van der Waals surface area (Å²) in [7, 11) is 0. The first-order valence-corrected chi connectivity index (χ1v) is 9.92. The number of nitrogens with one attached hydrogen (secondary N) is 1. The topological polar surface area (TPSA) is 73.9 Å². The maximum atomic E-state index is 12.5. The zero-order valence-corrected chi connectivity index (χ0v) is 17.1. The van der Waals surface area contributed by atoms with Crippen LogP contribution in [-0.4, -0.2) is 24.8 Å². The molecule has 1 aromatic heterocycles. The molecule has 7 heteroatoms. The first kappa shape index (κ1) is 19.9. The van der Waals surface area contributed by atoms with Crippen molar-refractivity contribution < 1.29 is 23.8 Å². The third-order valence-corrected chi connectivity index (χ3v) is 5.23. The average Bonchev–Trinajstić information content (AvgIpc) is 3.22. The fraction of sp³-hybridized carbons (Fsp3) is 0.333. The number of aryl methyl sites for hydroxylation is 1. The second kappa shape index (κ2) is 8.48. The molecule has 0 spiro atoms.